The number of aromatic nitrogens is 3. The van der Waals surface area contributed by atoms with E-state index in [4.69, 9.17) is 0 Å². The zero-order valence-corrected chi connectivity index (χ0v) is 11.8. The molecule has 0 fully saturated rings. The van der Waals surface area contributed by atoms with E-state index in [2.05, 4.69) is 30.9 Å². The minimum Gasteiger partial charge on any atom is -0.370 e. The zero-order chi connectivity index (χ0) is 14.2. The van der Waals surface area contributed by atoms with Gasteiger partial charge in [0.2, 0.25) is 0 Å². The first-order valence-corrected chi connectivity index (χ1v) is 6.74. The molecule has 0 radical (unpaired) electrons. The molecule has 0 saturated heterocycles. The van der Waals surface area contributed by atoms with Crippen LogP contribution in [-0.2, 0) is 0 Å². The maximum absolute atomic E-state index is 4.31. The van der Waals surface area contributed by atoms with Gasteiger partial charge in [0.05, 0.1) is 5.69 Å². The molecule has 6 heteroatoms. The average Bonchev–Trinajstić information content (AvgIpc) is 2.49. The standard InChI is InChI=1S/C14H20N6/c1-3-16-14-9-12(19-10-20-14)11-4-5-17-13(8-11)18-7-6-15-2/h4-5,8-10,15H,3,6-7H2,1-2H3,(H,17,18)(H,16,19,20). The molecule has 3 N–H and O–H groups in total. The molecular weight excluding hydrogens is 252 g/mol. The molecule has 20 heavy (non-hydrogen) atoms. The van der Waals surface area contributed by atoms with Crippen LogP contribution in [0.3, 0.4) is 0 Å². The van der Waals surface area contributed by atoms with Crippen LogP contribution in [0.5, 0.6) is 0 Å². The van der Waals surface area contributed by atoms with E-state index in [0.717, 1.165) is 42.5 Å². The zero-order valence-electron chi connectivity index (χ0n) is 11.8. The van der Waals surface area contributed by atoms with Crippen LogP contribution in [0.1, 0.15) is 6.92 Å². The number of anilines is 2. The van der Waals surface area contributed by atoms with Crippen LogP contribution < -0.4 is 16.0 Å². The van der Waals surface area contributed by atoms with E-state index in [1.54, 1.807) is 12.5 Å². The third kappa shape index (κ3) is 3.89. The summed E-state index contributed by atoms with van der Waals surface area (Å²) in [5, 5.41) is 9.53. The summed E-state index contributed by atoms with van der Waals surface area (Å²) in [6.07, 6.45) is 3.36. The van der Waals surface area contributed by atoms with E-state index in [1.165, 1.54) is 0 Å². The number of likely N-dealkylation sites (N-methyl/N-ethyl adjacent to an activating group) is 1. The molecule has 2 rings (SSSR count). The van der Waals surface area contributed by atoms with Crippen molar-refractivity contribution >= 4 is 11.6 Å². The first-order valence-electron chi connectivity index (χ1n) is 6.74. The molecule has 0 saturated carbocycles. The number of hydrogen-bond acceptors (Lipinski definition) is 6. The minimum absolute atomic E-state index is 0.832. The molecule has 0 aliphatic heterocycles. The lowest BCUT2D eigenvalue weighted by molar-refractivity contribution is 0.821. The first-order chi connectivity index (χ1) is 9.83. The fourth-order valence-electron chi connectivity index (χ4n) is 1.80. The summed E-state index contributed by atoms with van der Waals surface area (Å²) in [6, 6.07) is 5.88. The van der Waals surface area contributed by atoms with E-state index in [9.17, 15) is 0 Å². The Hall–Kier alpha value is -2.21. The van der Waals surface area contributed by atoms with E-state index in [1.807, 2.05) is 32.2 Å². The molecule has 0 bridgehead atoms. The lowest BCUT2D eigenvalue weighted by Crippen LogP contribution is -2.18. The van der Waals surface area contributed by atoms with Crippen LogP contribution in [0.15, 0.2) is 30.7 Å². The largest absolute Gasteiger partial charge is 0.370 e. The van der Waals surface area contributed by atoms with Gasteiger partial charge in [0.15, 0.2) is 0 Å². The quantitative estimate of drug-likeness (QED) is 0.665. The van der Waals surface area contributed by atoms with Crippen LogP contribution in [0.4, 0.5) is 11.6 Å². The van der Waals surface area contributed by atoms with E-state index in [0.29, 0.717) is 0 Å². The third-order valence-electron chi connectivity index (χ3n) is 2.76. The summed E-state index contributed by atoms with van der Waals surface area (Å²) >= 11 is 0. The number of pyridine rings is 1. The first kappa shape index (κ1) is 14.2. The molecule has 6 nitrogen and oxygen atoms in total. The monoisotopic (exact) mass is 272 g/mol. The fraction of sp³-hybridized carbons (Fsp3) is 0.357. The number of nitrogens with zero attached hydrogens (tertiary/aromatic N) is 3. The Morgan fingerprint density at radius 3 is 2.65 bits per heavy atom. The summed E-state index contributed by atoms with van der Waals surface area (Å²) in [5.41, 5.74) is 1.91. The van der Waals surface area contributed by atoms with Crippen molar-refractivity contribution in [1.29, 1.82) is 0 Å². The predicted molar refractivity (Wildman–Crippen MR) is 81.8 cm³/mol. The molecule has 0 aliphatic rings. The average molecular weight is 272 g/mol. The van der Waals surface area contributed by atoms with Crippen molar-refractivity contribution in [3.63, 3.8) is 0 Å². The van der Waals surface area contributed by atoms with Gasteiger partial charge in [-0.2, -0.15) is 0 Å². The Morgan fingerprint density at radius 1 is 1.00 bits per heavy atom. The van der Waals surface area contributed by atoms with Crippen molar-refractivity contribution in [2.75, 3.05) is 37.3 Å². The van der Waals surface area contributed by atoms with Gasteiger partial charge < -0.3 is 16.0 Å². The molecule has 2 aromatic heterocycles. The van der Waals surface area contributed by atoms with Gasteiger partial charge in [-0.3, -0.25) is 0 Å². The summed E-state index contributed by atoms with van der Waals surface area (Å²) in [5.74, 6) is 1.68. The van der Waals surface area contributed by atoms with Crippen molar-refractivity contribution in [3.05, 3.63) is 30.7 Å². The van der Waals surface area contributed by atoms with Crippen LogP contribution in [0, 0.1) is 0 Å². The summed E-state index contributed by atoms with van der Waals surface area (Å²) in [7, 11) is 1.93. The van der Waals surface area contributed by atoms with E-state index in [-0.39, 0.29) is 0 Å². The second-order valence-electron chi connectivity index (χ2n) is 4.28. The molecule has 0 atom stereocenters. The number of hydrogen-bond donors (Lipinski definition) is 3. The third-order valence-corrected chi connectivity index (χ3v) is 2.76. The van der Waals surface area contributed by atoms with Gasteiger partial charge >= 0.3 is 0 Å². The molecular formula is C14H20N6. The van der Waals surface area contributed by atoms with Crippen molar-refractivity contribution in [2.24, 2.45) is 0 Å². The summed E-state index contributed by atoms with van der Waals surface area (Å²) in [4.78, 5) is 12.8. The second kappa shape index (κ2) is 7.40. The van der Waals surface area contributed by atoms with Crippen molar-refractivity contribution < 1.29 is 0 Å². The summed E-state index contributed by atoms with van der Waals surface area (Å²) < 4.78 is 0. The number of nitrogens with one attached hydrogen (secondary N) is 3. The molecule has 0 aromatic carbocycles. The smallest absolute Gasteiger partial charge is 0.129 e. The fourth-order valence-corrected chi connectivity index (χ4v) is 1.80. The van der Waals surface area contributed by atoms with Gasteiger partial charge in [-0.25, -0.2) is 15.0 Å². The van der Waals surface area contributed by atoms with Crippen LogP contribution >= 0.6 is 0 Å². The van der Waals surface area contributed by atoms with Gasteiger partial charge in [-0.15, -0.1) is 0 Å². The highest BCUT2D eigenvalue weighted by molar-refractivity contribution is 5.64. The Balaban J connectivity index is 2.15. The van der Waals surface area contributed by atoms with Crippen molar-refractivity contribution in [2.45, 2.75) is 6.92 Å². The van der Waals surface area contributed by atoms with E-state index >= 15 is 0 Å². The molecule has 2 heterocycles. The van der Waals surface area contributed by atoms with Crippen molar-refractivity contribution in [3.8, 4) is 11.3 Å². The SMILES string of the molecule is CCNc1cc(-c2ccnc(NCCNC)c2)ncn1. The van der Waals surface area contributed by atoms with Crippen molar-refractivity contribution in [1.82, 2.24) is 20.3 Å². The van der Waals surface area contributed by atoms with Gasteiger partial charge in [0.25, 0.3) is 0 Å². The highest BCUT2D eigenvalue weighted by Gasteiger charge is 2.03. The Kier molecular flexibility index (Phi) is 5.25. The Morgan fingerprint density at radius 2 is 1.85 bits per heavy atom. The lowest BCUT2D eigenvalue weighted by atomic mass is 10.2. The lowest BCUT2D eigenvalue weighted by Gasteiger charge is -2.08. The van der Waals surface area contributed by atoms with Crippen LogP contribution in [0.25, 0.3) is 11.3 Å². The normalized spacial score (nSPS) is 10.3. The highest BCUT2D eigenvalue weighted by atomic mass is 15.0. The van der Waals surface area contributed by atoms with Gasteiger partial charge in [-0.05, 0) is 26.1 Å². The Bertz CT molecular complexity index is 543. The predicted octanol–water partition coefficient (Wildman–Crippen LogP) is 1.60. The molecule has 2 aromatic rings. The Labute approximate surface area is 119 Å². The number of rotatable bonds is 7. The molecule has 0 spiro atoms. The molecule has 0 unspecified atom stereocenters. The minimum atomic E-state index is 0.832. The van der Waals surface area contributed by atoms with Crippen LogP contribution in [0.2, 0.25) is 0 Å². The van der Waals surface area contributed by atoms with Gasteiger partial charge in [0, 0.05) is 37.5 Å². The highest BCUT2D eigenvalue weighted by Crippen LogP contribution is 2.20. The topological polar surface area (TPSA) is 74.8 Å². The van der Waals surface area contributed by atoms with E-state index < -0.39 is 0 Å². The molecule has 106 valence electrons. The second-order valence-corrected chi connectivity index (χ2v) is 4.28. The van der Waals surface area contributed by atoms with Gasteiger partial charge in [0.1, 0.15) is 18.0 Å². The molecule has 0 amide bonds. The maximum Gasteiger partial charge on any atom is 0.129 e. The maximum atomic E-state index is 4.31. The van der Waals surface area contributed by atoms with Crippen LogP contribution in [-0.4, -0.2) is 41.6 Å². The summed E-state index contributed by atoms with van der Waals surface area (Å²) in [6.45, 7) is 4.60. The van der Waals surface area contributed by atoms with Gasteiger partial charge in [-0.1, -0.05) is 0 Å². The molecule has 0 aliphatic carbocycles.